The van der Waals surface area contributed by atoms with Crippen LogP contribution in [0.15, 0.2) is 41.9 Å². The van der Waals surface area contributed by atoms with E-state index in [4.69, 9.17) is 19.4 Å². The van der Waals surface area contributed by atoms with Crippen LogP contribution in [0.1, 0.15) is 83.2 Å². The molecule has 1 aromatic carbocycles. The molecular weight excluding hydrogens is 847 g/mol. The van der Waals surface area contributed by atoms with E-state index in [1.165, 1.54) is 21.2 Å². The number of aryl methyl sites for hydroxylation is 1. The lowest BCUT2D eigenvalue weighted by molar-refractivity contribution is -0.189. The van der Waals surface area contributed by atoms with E-state index in [1.807, 2.05) is 51.0 Å². The number of aromatic nitrogens is 3. The third-order valence-electron chi connectivity index (χ3n) is 13.8. The van der Waals surface area contributed by atoms with Crippen molar-refractivity contribution in [1.29, 1.82) is 0 Å². The number of hydrogen-bond acceptors (Lipinski definition) is 12. The van der Waals surface area contributed by atoms with Crippen LogP contribution in [0.25, 0.3) is 33.4 Å². The number of amides is 4. The van der Waals surface area contributed by atoms with Gasteiger partial charge < -0.3 is 39.2 Å². The van der Waals surface area contributed by atoms with E-state index in [1.54, 1.807) is 20.4 Å². The van der Waals surface area contributed by atoms with Crippen LogP contribution in [0.2, 0.25) is 0 Å². The summed E-state index contributed by atoms with van der Waals surface area (Å²) in [5.41, 5.74) is 6.42. The summed E-state index contributed by atoms with van der Waals surface area (Å²) in [7, 11) is 5.40. The fourth-order valence-corrected chi connectivity index (χ4v) is 11.4. The van der Waals surface area contributed by atoms with Crippen LogP contribution in [0.4, 0.5) is 4.79 Å². The quantitative estimate of drug-likeness (QED) is 0.198. The number of likely N-dealkylation sites (tertiary alicyclic amines) is 2. The highest BCUT2D eigenvalue weighted by atomic mass is 32.1. The minimum atomic E-state index is -2.20. The monoisotopic (exact) mass is 911 g/mol. The van der Waals surface area contributed by atoms with Crippen LogP contribution in [-0.2, 0) is 43.2 Å². The highest BCUT2D eigenvalue weighted by Gasteiger charge is 2.47. The molecule has 6 atom stereocenters. The number of thiazole rings is 1. The van der Waals surface area contributed by atoms with Gasteiger partial charge >= 0.3 is 12.0 Å². The zero-order chi connectivity index (χ0) is 46.5. The number of carbonyl (C=O) groups excluding carboxylic acids is 4. The molecule has 65 heavy (non-hydrogen) atoms. The minimum absolute atomic E-state index is 0.0117. The average molecular weight is 912 g/mol. The van der Waals surface area contributed by atoms with Gasteiger partial charge in [-0.3, -0.25) is 19.6 Å². The summed E-state index contributed by atoms with van der Waals surface area (Å²) in [6.45, 7) is 15.1. The Morgan fingerprint density at radius 3 is 2.68 bits per heavy atom. The Balaban J connectivity index is 1.18. The first-order valence-corrected chi connectivity index (χ1v) is 23.9. The molecule has 0 aliphatic carbocycles. The maximum Gasteiger partial charge on any atom is 0.355 e. The molecule has 7 heterocycles. The molecule has 4 amide bonds. The van der Waals surface area contributed by atoms with Crippen molar-refractivity contribution in [2.45, 2.75) is 110 Å². The Kier molecular flexibility index (Phi) is 13.2. The molecular formula is C48H65N9O7S. The molecule has 0 radical (unpaired) electrons. The van der Waals surface area contributed by atoms with Crippen molar-refractivity contribution in [3.8, 4) is 22.5 Å². The average Bonchev–Trinajstić information content (AvgIpc) is 4.06. The number of ether oxygens (including phenoxy) is 2. The summed E-state index contributed by atoms with van der Waals surface area (Å²) < 4.78 is 14.1. The van der Waals surface area contributed by atoms with Gasteiger partial charge in [0.2, 0.25) is 11.6 Å². The second-order valence-corrected chi connectivity index (χ2v) is 20.5. The topological polar surface area (TPSA) is 175 Å². The van der Waals surface area contributed by atoms with E-state index in [2.05, 4.69) is 58.4 Å². The van der Waals surface area contributed by atoms with Gasteiger partial charge in [-0.05, 0) is 81.8 Å². The van der Waals surface area contributed by atoms with Gasteiger partial charge in [-0.1, -0.05) is 33.8 Å². The Morgan fingerprint density at radius 2 is 1.94 bits per heavy atom. The molecule has 0 unspecified atom stereocenters. The zero-order valence-electron chi connectivity index (χ0n) is 39.2. The van der Waals surface area contributed by atoms with Gasteiger partial charge in [0.15, 0.2) is 0 Å². The lowest BCUT2D eigenvalue weighted by Gasteiger charge is -2.40. The largest absolute Gasteiger partial charge is 0.462 e. The van der Waals surface area contributed by atoms with E-state index in [0.29, 0.717) is 36.9 Å². The molecule has 4 aromatic rings. The number of hydrazine groups is 1. The highest BCUT2D eigenvalue weighted by molar-refractivity contribution is 7.10. The minimum Gasteiger partial charge on any atom is -0.462 e. The van der Waals surface area contributed by atoms with Gasteiger partial charge in [0.05, 0.1) is 40.8 Å². The fraction of sp³-hybridized carbons (Fsp3) is 0.583. The fourth-order valence-electron chi connectivity index (χ4n) is 10.5. The molecule has 4 aliphatic rings. The second kappa shape index (κ2) is 18.4. The standard InChI is InChI=1S/C48H65N9O7S/c1-10-55-37-15-14-30-21-33(37)34(42(55)32-13-11-18-49-40(32)29(4)63-9)23-47(5,6)27-64-45(60)48(62)17-12-19-57(52-48)44(59)35(22-39-50-36(30)26-65-39)51-43(58)41(28(2)3)54(8)46(61)56-20-16-31-24-53(7)25-38(31)56/h11,13-15,18,21,26,28-29,31,35,38,41,52,62H,10,12,16-17,19-20,22-25,27H2,1-9H3,(H,51,58)/t29-,31-,35-,38+,41-,48-/m0/s1. The normalized spacial score (nSPS) is 24.8. The Hall–Kier alpha value is -4.94. The number of nitrogens with one attached hydrogen (secondary N) is 2. The summed E-state index contributed by atoms with van der Waals surface area (Å²) in [6, 6.07) is 8.16. The third-order valence-corrected chi connectivity index (χ3v) is 14.7. The predicted octanol–water partition coefficient (Wildman–Crippen LogP) is 5.23. The molecule has 6 bridgehead atoms. The summed E-state index contributed by atoms with van der Waals surface area (Å²) in [4.78, 5) is 72.8. The Bertz CT molecular complexity index is 2450. The van der Waals surface area contributed by atoms with E-state index < -0.39 is 41.0 Å². The number of nitrogens with zero attached hydrogens (tertiary/aromatic N) is 7. The third kappa shape index (κ3) is 9.01. The molecule has 0 spiro atoms. The summed E-state index contributed by atoms with van der Waals surface area (Å²) in [5.74, 6) is -1.81. The van der Waals surface area contributed by atoms with Gasteiger partial charge in [-0.15, -0.1) is 11.3 Å². The lowest BCUT2D eigenvalue weighted by atomic mass is 9.84. The number of urea groups is 1. The van der Waals surface area contributed by atoms with Crippen LogP contribution in [-0.4, -0.2) is 141 Å². The van der Waals surface area contributed by atoms with E-state index in [9.17, 15) is 24.3 Å². The van der Waals surface area contributed by atoms with Crippen LogP contribution >= 0.6 is 11.3 Å². The molecule has 3 fully saturated rings. The number of cyclic esters (lactones) is 1. The van der Waals surface area contributed by atoms with Crippen LogP contribution < -0.4 is 10.7 Å². The number of methoxy groups -OCH3 is 1. The first-order chi connectivity index (χ1) is 30.9. The highest BCUT2D eigenvalue weighted by Crippen LogP contribution is 2.42. The number of pyridine rings is 1. The van der Waals surface area contributed by atoms with Crippen molar-refractivity contribution in [3.05, 3.63) is 58.2 Å². The van der Waals surface area contributed by atoms with Gasteiger partial charge in [-0.25, -0.2) is 14.6 Å². The van der Waals surface area contributed by atoms with E-state index in [0.717, 1.165) is 64.2 Å². The molecule has 0 saturated carbocycles. The smallest absolute Gasteiger partial charge is 0.355 e. The molecule has 17 heteroatoms. The van der Waals surface area contributed by atoms with Crippen LogP contribution in [0.3, 0.4) is 0 Å². The molecule has 3 N–H and O–H groups in total. The maximum absolute atomic E-state index is 14.7. The molecule has 350 valence electrons. The SMILES string of the molecule is CCn1c(-c2cccnc2[C@H](C)OC)c2c3cc(ccc31)-c1csc(n1)C[C@H](NC(=O)[C@H](C(C)C)N(C)C(=O)N1CC[C@H]3CN(C)C[C@H]31)C(=O)N1CCC[C@@](O)(N1)C(=O)OCC(C)(C)C2. The zero-order valence-corrected chi connectivity index (χ0v) is 40.0. The number of aliphatic hydroxyl groups is 1. The number of hydrogen-bond donors (Lipinski definition) is 3. The molecule has 3 saturated heterocycles. The number of carbonyl (C=O) groups is 4. The van der Waals surface area contributed by atoms with Crippen molar-refractivity contribution >= 4 is 46.1 Å². The number of benzene rings is 1. The van der Waals surface area contributed by atoms with Gasteiger partial charge in [0.1, 0.15) is 12.1 Å². The first kappa shape index (κ1) is 46.6. The summed E-state index contributed by atoms with van der Waals surface area (Å²) in [6.07, 6.45) is 3.26. The lowest BCUT2D eigenvalue weighted by Crippen LogP contribution is -2.67. The van der Waals surface area contributed by atoms with E-state index >= 15 is 0 Å². The van der Waals surface area contributed by atoms with Crippen molar-refractivity contribution in [3.63, 3.8) is 0 Å². The van der Waals surface area contributed by atoms with Gasteiger partial charge in [0.25, 0.3) is 5.91 Å². The van der Waals surface area contributed by atoms with Crippen LogP contribution in [0.5, 0.6) is 0 Å². The number of esters is 1. The molecule has 16 nitrogen and oxygen atoms in total. The van der Waals surface area contributed by atoms with Crippen molar-refractivity contribution in [1.82, 2.24) is 45.0 Å². The van der Waals surface area contributed by atoms with Crippen molar-refractivity contribution in [2.24, 2.45) is 17.3 Å². The van der Waals surface area contributed by atoms with Crippen LogP contribution in [0, 0.1) is 17.3 Å². The molecule has 8 rings (SSSR count). The second-order valence-electron chi connectivity index (χ2n) is 19.6. The number of rotatable bonds is 8. The van der Waals surface area contributed by atoms with Crippen molar-refractivity contribution < 1.29 is 33.8 Å². The number of fused-ring (bicyclic) bond motifs is 7. The van der Waals surface area contributed by atoms with E-state index in [-0.39, 0.29) is 50.1 Å². The Labute approximate surface area is 385 Å². The maximum atomic E-state index is 14.7. The molecule has 3 aromatic heterocycles. The summed E-state index contributed by atoms with van der Waals surface area (Å²) in [5, 5.41) is 19.7. The summed E-state index contributed by atoms with van der Waals surface area (Å²) >= 11 is 1.39. The Morgan fingerprint density at radius 1 is 1.15 bits per heavy atom. The van der Waals surface area contributed by atoms with Crippen molar-refractivity contribution in [2.75, 3.05) is 54.0 Å². The number of likely N-dealkylation sites (N-methyl/N-ethyl adjacent to an activating group) is 2. The van der Waals surface area contributed by atoms with Gasteiger partial charge in [0, 0.05) is 98.7 Å². The molecule has 4 aliphatic heterocycles. The van der Waals surface area contributed by atoms with Gasteiger partial charge in [-0.2, -0.15) is 5.43 Å². The first-order valence-electron chi connectivity index (χ1n) is 23.0. The predicted molar refractivity (Wildman–Crippen MR) is 248 cm³/mol.